The summed E-state index contributed by atoms with van der Waals surface area (Å²) in [5, 5.41) is 0. The summed E-state index contributed by atoms with van der Waals surface area (Å²) in [6.07, 6.45) is 10.6. The highest BCUT2D eigenvalue weighted by Gasteiger charge is 2.15. The lowest BCUT2D eigenvalue weighted by Crippen LogP contribution is -2.03. The lowest BCUT2D eigenvalue weighted by atomic mass is 10.1. The van der Waals surface area contributed by atoms with Crippen molar-refractivity contribution in [2.45, 2.75) is 26.7 Å². The average molecular weight is 215 g/mol. The van der Waals surface area contributed by atoms with Crippen LogP contribution >= 0.6 is 0 Å². The Kier molecular flexibility index (Phi) is 2.82. The molecule has 0 saturated carbocycles. The Balaban J connectivity index is 2.14. The molecule has 0 aromatic carbocycles. The molecule has 0 bridgehead atoms. The fraction of sp³-hybridized carbons (Fsp3) is 0.357. The van der Waals surface area contributed by atoms with Crippen molar-refractivity contribution in [2.24, 2.45) is 5.73 Å². The smallest absolute Gasteiger partial charge is 0.185 e. The molecule has 0 fully saturated rings. The molecule has 0 aromatic heterocycles. The van der Waals surface area contributed by atoms with E-state index in [-0.39, 0.29) is 0 Å². The standard InChI is InChI=1S/C14H18N2/c1-10-11(2)14(15)9-12(10)6-7-13-5-4-8-16(13)3/h4,6-8,15H,5,9H2,1-3H3/p+1. The predicted octanol–water partition coefficient (Wildman–Crippen LogP) is 2.50. The molecule has 2 rings (SSSR count). The molecule has 0 amide bonds. The highest BCUT2D eigenvalue weighted by Crippen LogP contribution is 2.29. The van der Waals surface area contributed by atoms with Gasteiger partial charge in [-0.15, -0.1) is 0 Å². The largest absolute Gasteiger partial charge is 0.402 e. The molecule has 1 heterocycles. The van der Waals surface area contributed by atoms with Crippen LogP contribution in [0.25, 0.3) is 0 Å². The second kappa shape index (κ2) is 4.12. The van der Waals surface area contributed by atoms with Gasteiger partial charge in [-0.05, 0) is 36.6 Å². The zero-order chi connectivity index (χ0) is 11.7. The van der Waals surface area contributed by atoms with E-state index in [0.717, 1.165) is 18.5 Å². The molecule has 2 aliphatic rings. The minimum absolute atomic E-state index is 0.901. The van der Waals surface area contributed by atoms with E-state index in [4.69, 9.17) is 5.73 Å². The normalized spacial score (nSPS) is 21.2. The van der Waals surface area contributed by atoms with Gasteiger partial charge >= 0.3 is 0 Å². The Morgan fingerprint density at radius 1 is 1.25 bits per heavy atom. The molecule has 1 aliphatic heterocycles. The number of hydrogen-bond acceptors (Lipinski definition) is 1. The Labute approximate surface area is 97.2 Å². The van der Waals surface area contributed by atoms with E-state index in [1.807, 2.05) is 0 Å². The van der Waals surface area contributed by atoms with E-state index in [9.17, 15) is 0 Å². The quantitative estimate of drug-likeness (QED) is 0.704. The van der Waals surface area contributed by atoms with Gasteiger partial charge in [-0.3, -0.25) is 0 Å². The van der Waals surface area contributed by atoms with E-state index in [1.165, 1.54) is 22.4 Å². The van der Waals surface area contributed by atoms with Gasteiger partial charge in [0.25, 0.3) is 0 Å². The van der Waals surface area contributed by atoms with Crippen LogP contribution in [0, 0.1) is 0 Å². The number of allylic oxidation sites excluding steroid dienone is 6. The van der Waals surface area contributed by atoms with Gasteiger partial charge < -0.3 is 5.73 Å². The van der Waals surface area contributed by atoms with E-state index in [0.29, 0.717) is 0 Å². The summed E-state index contributed by atoms with van der Waals surface area (Å²) < 4.78 is 2.16. The van der Waals surface area contributed by atoms with Crippen LogP contribution < -0.4 is 5.73 Å². The van der Waals surface area contributed by atoms with Crippen LogP contribution in [0.4, 0.5) is 0 Å². The summed E-state index contributed by atoms with van der Waals surface area (Å²) >= 11 is 0. The van der Waals surface area contributed by atoms with E-state index in [2.05, 4.69) is 49.9 Å². The Bertz CT molecular complexity index is 471. The summed E-state index contributed by atoms with van der Waals surface area (Å²) in [5.41, 5.74) is 12.2. The van der Waals surface area contributed by atoms with E-state index in [1.54, 1.807) is 0 Å². The maximum absolute atomic E-state index is 5.94. The van der Waals surface area contributed by atoms with Crippen LogP contribution in [-0.4, -0.2) is 17.3 Å². The summed E-state index contributed by atoms with van der Waals surface area (Å²) in [7, 11) is 2.08. The third-order valence-electron chi connectivity index (χ3n) is 3.49. The minimum atomic E-state index is 0.901. The fourth-order valence-corrected chi connectivity index (χ4v) is 2.09. The maximum Gasteiger partial charge on any atom is 0.185 e. The minimum Gasteiger partial charge on any atom is -0.402 e. The van der Waals surface area contributed by atoms with Crippen LogP contribution in [-0.2, 0) is 0 Å². The molecule has 0 spiro atoms. The summed E-state index contributed by atoms with van der Waals surface area (Å²) in [6, 6.07) is 0. The molecule has 2 N–H and O–H groups in total. The van der Waals surface area contributed by atoms with Crippen molar-refractivity contribution in [1.82, 2.24) is 0 Å². The van der Waals surface area contributed by atoms with Crippen LogP contribution in [0.1, 0.15) is 26.7 Å². The van der Waals surface area contributed by atoms with Crippen molar-refractivity contribution in [3.63, 3.8) is 0 Å². The first-order valence-electron chi connectivity index (χ1n) is 5.68. The maximum atomic E-state index is 5.94. The third-order valence-corrected chi connectivity index (χ3v) is 3.49. The zero-order valence-corrected chi connectivity index (χ0v) is 10.2. The monoisotopic (exact) mass is 215 g/mol. The van der Waals surface area contributed by atoms with Gasteiger partial charge in [-0.25, -0.2) is 4.58 Å². The summed E-state index contributed by atoms with van der Waals surface area (Å²) in [6.45, 7) is 4.25. The highest BCUT2D eigenvalue weighted by molar-refractivity contribution is 5.93. The van der Waals surface area contributed by atoms with Gasteiger partial charge in [0, 0.05) is 18.2 Å². The van der Waals surface area contributed by atoms with Crippen molar-refractivity contribution < 1.29 is 4.58 Å². The van der Waals surface area contributed by atoms with E-state index >= 15 is 0 Å². The van der Waals surface area contributed by atoms with Gasteiger partial charge in [0.2, 0.25) is 0 Å². The van der Waals surface area contributed by atoms with Crippen LogP contribution in [0.5, 0.6) is 0 Å². The molecule has 0 atom stereocenters. The number of nitrogens with two attached hydrogens (primary N) is 1. The Morgan fingerprint density at radius 3 is 2.50 bits per heavy atom. The SMILES string of the molecule is CC1=C(N)CC(C=CC2=[N+](C)C=CC2)=C1C. The summed E-state index contributed by atoms with van der Waals surface area (Å²) in [4.78, 5) is 0. The summed E-state index contributed by atoms with van der Waals surface area (Å²) in [5.74, 6) is 0. The first kappa shape index (κ1) is 10.9. The molecule has 16 heavy (non-hydrogen) atoms. The van der Waals surface area contributed by atoms with E-state index < -0.39 is 0 Å². The predicted molar refractivity (Wildman–Crippen MR) is 68.3 cm³/mol. The van der Waals surface area contributed by atoms with Crippen molar-refractivity contribution in [3.05, 3.63) is 46.8 Å². The molecular weight excluding hydrogens is 196 g/mol. The molecule has 0 saturated heterocycles. The topological polar surface area (TPSA) is 29.0 Å². The van der Waals surface area contributed by atoms with Crippen molar-refractivity contribution in [1.29, 1.82) is 0 Å². The van der Waals surface area contributed by atoms with Gasteiger partial charge in [0.05, 0.1) is 6.42 Å². The van der Waals surface area contributed by atoms with Crippen molar-refractivity contribution in [3.8, 4) is 0 Å². The Morgan fingerprint density at radius 2 is 2.00 bits per heavy atom. The Hall–Kier alpha value is -1.57. The lowest BCUT2D eigenvalue weighted by molar-refractivity contribution is -0.418. The average Bonchev–Trinajstić information content (AvgIpc) is 2.76. The molecule has 2 nitrogen and oxygen atoms in total. The van der Waals surface area contributed by atoms with Crippen LogP contribution in [0.2, 0.25) is 0 Å². The number of nitrogens with zero attached hydrogens (tertiary/aromatic N) is 1. The number of hydrogen-bond donors (Lipinski definition) is 1. The zero-order valence-electron chi connectivity index (χ0n) is 10.2. The van der Waals surface area contributed by atoms with Crippen molar-refractivity contribution >= 4 is 5.71 Å². The molecule has 0 radical (unpaired) electrons. The van der Waals surface area contributed by atoms with Crippen LogP contribution in [0.3, 0.4) is 0 Å². The van der Waals surface area contributed by atoms with Gasteiger partial charge in [0.1, 0.15) is 7.05 Å². The van der Waals surface area contributed by atoms with Crippen LogP contribution in [0.15, 0.2) is 46.8 Å². The van der Waals surface area contributed by atoms with Crippen molar-refractivity contribution in [2.75, 3.05) is 7.05 Å². The molecule has 84 valence electrons. The second-order valence-electron chi connectivity index (χ2n) is 4.50. The number of rotatable bonds is 2. The highest BCUT2D eigenvalue weighted by atomic mass is 15.0. The molecular formula is C14H19N2+. The van der Waals surface area contributed by atoms with Gasteiger partial charge in [-0.2, -0.15) is 0 Å². The molecule has 2 heteroatoms. The molecule has 0 unspecified atom stereocenters. The fourth-order valence-electron chi connectivity index (χ4n) is 2.09. The first-order chi connectivity index (χ1) is 7.59. The third kappa shape index (κ3) is 1.87. The second-order valence-corrected chi connectivity index (χ2v) is 4.50. The van der Waals surface area contributed by atoms with Gasteiger partial charge in [0.15, 0.2) is 11.9 Å². The lowest BCUT2D eigenvalue weighted by Gasteiger charge is -1.97. The molecule has 0 aromatic rings. The van der Waals surface area contributed by atoms with Gasteiger partial charge in [-0.1, -0.05) is 6.08 Å². The molecule has 1 aliphatic carbocycles. The first-order valence-corrected chi connectivity index (χ1v) is 5.68.